The lowest BCUT2D eigenvalue weighted by atomic mass is 9.97. The third-order valence-electron chi connectivity index (χ3n) is 4.89. The second kappa shape index (κ2) is 10.4. The number of nitrogens with zero attached hydrogens (tertiary/aromatic N) is 1. The number of hydrogen-bond donors (Lipinski definition) is 2. The number of aryl methyl sites for hydroxylation is 1. The zero-order valence-corrected chi connectivity index (χ0v) is 17.4. The Hall–Kier alpha value is -3.15. The molecule has 6 heteroatoms. The van der Waals surface area contributed by atoms with Gasteiger partial charge in [-0.2, -0.15) is 0 Å². The molecular formula is C23H29N3O3. The van der Waals surface area contributed by atoms with E-state index in [4.69, 9.17) is 0 Å². The van der Waals surface area contributed by atoms with E-state index in [1.54, 1.807) is 31.3 Å². The van der Waals surface area contributed by atoms with Crippen molar-refractivity contribution in [3.8, 4) is 0 Å². The number of likely N-dealkylation sites (N-methyl/N-ethyl adjacent to an activating group) is 1. The van der Waals surface area contributed by atoms with Crippen LogP contribution in [0, 0.1) is 12.8 Å². The Morgan fingerprint density at radius 2 is 1.62 bits per heavy atom. The molecule has 0 aliphatic heterocycles. The van der Waals surface area contributed by atoms with Crippen molar-refractivity contribution in [2.45, 2.75) is 33.2 Å². The highest BCUT2D eigenvalue weighted by Gasteiger charge is 2.29. The van der Waals surface area contributed by atoms with Gasteiger partial charge in [0.2, 0.25) is 11.8 Å². The number of rotatable bonds is 8. The molecule has 2 aromatic carbocycles. The molecule has 2 unspecified atom stereocenters. The summed E-state index contributed by atoms with van der Waals surface area (Å²) in [6, 6.07) is 15.5. The molecular weight excluding hydrogens is 366 g/mol. The minimum atomic E-state index is -0.704. The zero-order valence-electron chi connectivity index (χ0n) is 17.4. The number of amides is 3. The van der Waals surface area contributed by atoms with Crippen molar-refractivity contribution < 1.29 is 14.4 Å². The molecule has 0 radical (unpaired) electrons. The van der Waals surface area contributed by atoms with Crippen molar-refractivity contribution >= 4 is 23.4 Å². The smallest absolute Gasteiger partial charge is 0.251 e. The van der Waals surface area contributed by atoms with E-state index in [2.05, 4.69) is 10.6 Å². The highest BCUT2D eigenvalue weighted by molar-refractivity contribution is 5.99. The van der Waals surface area contributed by atoms with E-state index in [1.165, 1.54) is 4.90 Å². The molecule has 6 nitrogen and oxygen atoms in total. The molecule has 0 aliphatic rings. The first-order valence-corrected chi connectivity index (χ1v) is 9.79. The Balaban J connectivity index is 2.02. The molecule has 3 amide bonds. The topological polar surface area (TPSA) is 78.5 Å². The second-order valence-electron chi connectivity index (χ2n) is 7.31. The lowest BCUT2D eigenvalue weighted by molar-refractivity contribution is -0.136. The van der Waals surface area contributed by atoms with Gasteiger partial charge in [0.1, 0.15) is 6.04 Å². The Bertz CT molecular complexity index is 834. The van der Waals surface area contributed by atoms with Crippen LogP contribution >= 0.6 is 0 Å². The van der Waals surface area contributed by atoms with Crippen LogP contribution in [0.15, 0.2) is 54.6 Å². The van der Waals surface area contributed by atoms with E-state index >= 15 is 0 Å². The van der Waals surface area contributed by atoms with Gasteiger partial charge in [-0.05, 0) is 37.1 Å². The molecule has 2 atom stereocenters. The molecule has 2 rings (SSSR count). The van der Waals surface area contributed by atoms with E-state index < -0.39 is 6.04 Å². The molecule has 0 saturated carbocycles. The summed E-state index contributed by atoms with van der Waals surface area (Å²) in [5.74, 6) is -0.954. The maximum absolute atomic E-state index is 13.0. The summed E-state index contributed by atoms with van der Waals surface area (Å²) in [5, 5.41) is 5.62. The Kier molecular flexibility index (Phi) is 7.95. The van der Waals surface area contributed by atoms with Gasteiger partial charge in [0.05, 0.1) is 6.54 Å². The van der Waals surface area contributed by atoms with Gasteiger partial charge in [0.15, 0.2) is 0 Å². The fourth-order valence-corrected chi connectivity index (χ4v) is 2.87. The molecule has 154 valence electrons. The van der Waals surface area contributed by atoms with Crippen LogP contribution in [0.5, 0.6) is 0 Å². The third kappa shape index (κ3) is 6.45. The summed E-state index contributed by atoms with van der Waals surface area (Å²) in [6.45, 7) is 5.75. The Morgan fingerprint density at radius 3 is 2.21 bits per heavy atom. The quantitative estimate of drug-likeness (QED) is 0.720. The molecule has 0 aromatic heterocycles. The van der Waals surface area contributed by atoms with Gasteiger partial charge in [0, 0.05) is 18.3 Å². The zero-order chi connectivity index (χ0) is 21.4. The maximum atomic E-state index is 13.0. The Labute approximate surface area is 172 Å². The first-order chi connectivity index (χ1) is 13.8. The van der Waals surface area contributed by atoms with Gasteiger partial charge in [-0.25, -0.2) is 0 Å². The number of anilines is 1. The SMILES string of the molecule is CCC(C)C(NC(=O)c1ccccc1)C(=O)N(C)CC(=O)Nc1ccc(C)cc1. The van der Waals surface area contributed by atoms with Gasteiger partial charge < -0.3 is 15.5 Å². The molecule has 29 heavy (non-hydrogen) atoms. The molecule has 0 heterocycles. The lowest BCUT2D eigenvalue weighted by Gasteiger charge is -2.28. The van der Waals surface area contributed by atoms with Crippen molar-refractivity contribution in [3.63, 3.8) is 0 Å². The average molecular weight is 396 g/mol. The molecule has 2 N–H and O–H groups in total. The summed E-state index contributed by atoms with van der Waals surface area (Å²) in [5.41, 5.74) is 2.27. The van der Waals surface area contributed by atoms with Crippen molar-refractivity contribution in [2.24, 2.45) is 5.92 Å². The van der Waals surface area contributed by atoms with Crippen molar-refractivity contribution in [1.29, 1.82) is 0 Å². The molecule has 0 fully saturated rings. The number of nitrogens with one attached hydrogen (secondary N) is 2. The monoisotopic (exact) mass is 395 g/mol. The normalized spacial score (nSPS) is 12.6. The van der Waals surface area contributed by atoms with Gasteiger partial charge in [-0.1, -0.05) is 56.2 Å². The predicted molar refractivity (Wildman–Crippen MR) is 115 cm³/mol. The third-order valence-corrected chi connectivity index (χ3v) is 4.89. The lowest BCUT2D eigenvalue weighted by Crippen LogP contribution is -2.52. The second-order valence-corrected chi connectivity index (χ2v) is 7.31. The van der Waals surface area contributed by atoms with Crippen LogP contribution in [0.3, 0.4) is 0 Å². The Morgan fingerprint density at radius 1 is 1.00 bits per heavy atom. The van der Waals surface area contributed by atoms with Gasteiger partial charge in [-0.15, -0.1) is 0 Å². The molecule has 0 bridgehead atoms. The predicted octanol–water partition coefficient (Wildman–Crippen LogP) is 3.24. The summed E-state index contributed by atoms with van der Waals surface area (Å²) in [6.07, 6.45) is 0.717. The van der Waals surface area contributed by atoms with Crippen molar-refractivity contribution in [3.05, 3.63) is 65.7 Å². The van der Waals surface area contributed by atoms with E-state index in [0.717, 1.165) is 12.0 Å². The number of carbonyl (C=O) groups excluding carboxylic acids is 3. The van der Waals surface area contributed by atoms with Gasteiger partial charge in [-0.3, -0.25) is 14.4 Å². The van der Waals surface area contributed by atoms with Crippen LogP contribution in [0.4, 0.5) is 5.69 Å². The number of benzene rings is 2. The van der Waals surface area contributed by atoms with Gasteiger partial charge >= 0.3 is 0 Å². The summed E-state index contributed by atoms with van der Waals surface area (Å²) in [4.78, 5) is 39.2. The summed E-state index contributed by atoms with van der Waals surface area (Å²) >= 11 is 0. The largest absolute Gasteiger partial charge is 0.340 e. The highest BCUT2D eigenvalue weighted by atomic mass is 16.2. The minimum Gasteiger partial charge on any atom is -0.340 e. The first-order valence-electron chi connectivity index (χ1n) is 9.79. The standard InChI is InChI=1S/C23H29N3O3/c1-5-17(3)21(25-22(28)18-9-7-6-8-10-18)23(29)26(4)15-20(27)24-19-13-11-16(2)12-14-19/h6-14,17,21H,5,15H2,1-4H3,(H,24,27)(H,25,28). The van der Waals surface area contributed by atoms with Gasteiger partial charge in [0.25, 0.3) is 5.91 Å². The van der Waals surface area contributed by atoms with Crippen LogP contribution in [0.1, 0.15) is 36.2 Å². The van der Waals surface area contributed by atoms with E-state index in [9.17, 15) is 14.4 Å². The molecule has 0 saturated heterocycles. The van der Waals surface area contributed by atoms with E-state index in [-0.39, 0.29) is 30.2 Å². The molecule has 0 spiro atoms. The van der Waals surface area contributed by atoms with Crippen LogP contribution < -0.4 is 10.6 Å². The number of hydrogen-bond acceptors (Lipinski definition) is 3. The van der Waals surface area contributed by atoms with E-state index in [1.807, 2.05) is 51.1 Å². The van der Waals surface area contributed by atoms with Crippen LogP contribution in [0.2, 0.25) is 0 Å². The molecule has 0 aliphatic carbocycles. The molecule has 2 aromatic rings. The van der Waals surface area contributed by atoms with Crippen molar-refractivity contribution in [2.75, 3.05) is 18.9 Å². The summed E-state index contributed by atoms with van der Waals surface area (Å²) in [7, 11) is 1.57. The maximum Gasteiger partial charge on any atom is 0.251 e. The van der Waals surface area contributed by atoms with Crippen LogP contribution in [-0.4, -0.2) is 42.3 Å². The van der Waals surface area contributed by atoms with Crippen LogP contribution in [-0.2, 0) is 9.59 Å². The highest BCUT2D eigenvalue weighted by Crippen LogP contribution is 2.13. The number of carbonyl (C=O) groups is 3. The summed E-state index contributed by atoms with van der Waals surface area (Å²) < 4.78 is 0. The fourth-order valence-electron chi connectivity index (χ4n) is 2.87. The minimum absolute atomic E-state index is 0.0715. The average Bonchev–Trinajstić information content (AvgIpc) is 2.73. The van der Waals surface area contributed by atoms with Crippen LogP contribution in [0.25, 0.3) is 0 Å². The first kappa shape index (κ1) is 22.1. The van der Waals surface area contributed by atoms with E-state index in [0.29, 0.717) is 11.3 Å². The fraction of sp³-hybridized carbons (Fsp3) is 0.348. The van der Waals surface area contributed by atoms with Crippen molar-refractivity contribution in [1.82, 2.24) is 10.2 Å².